The Bertz CT molecular complexity index is 566. The van der Waals surface area contributed by atoms with Gasteiger partial charge in [-0.1, -0.05) is 0 Å². The van der Waals surface area contributed by atoms with Gasteiger partial charge in [-0.3, -0.25) is 25.7 Å². The molecule has 1 aliphatic rings. The fourth-order valence-corrected chi connectivity index (χ4v) is 1.62. The summed E-state index contributed by atoms with van der Waals surface area (Å²) in [6.45, 7) is 1.85. The maximum atomic E-state index is 10.9. The van der Waals surface area contributed by atoms with Gasteiger partial charge in [0.05, 0.1) is 15.9 Å². The Balaban J connectivity index is 2.26. The van der Waals surface area contributed by atoms with Gasteiger partial charge in [-0.15, -0.1) is 0 Å². The first-order valence-electron chi connectivity index (χ1n) is 5.72. The number of rotatable bonds is 5. The molecule has 19 heavy (non-hydrogen) atoms. The smallest absolute Gasteiger partial charge is 0.272 e. The van der Waals surface area contributed by atoms with E-state index in [9.17, 15) is 20.2 Å². The minimum absolute atomic E-state index is 0.149. The van der Waals surface area contributed by atoms with Crippen LogP contribution in [-0.2, 0) is 0 Å². The first kappa shape index (κ1) is 12.9. The van der Waals surface area contributed by atoms with Crippen molar-refractivity contribution >= 4 is 22.8 Å². The second kappa shape index (κ2) is 5.01. The maximum Gasteiger partial charge on any atom is 0.301 e. The van der Waals surface area contributed by atoms with Gasteiger partial charge in [-0.25, -0.2) is 0 Å². The predicted octanol–water partition coefficient (Wildman–Crippen LogP) is 2.70. The van der Waals surface area contributed by atoms with Crippen molar-refractivity contribution in [3.8, 4) is 0 Å². The Morgan fingerprint density at radius 1 is 1.32 bits per heavy atom. The lowest BCUT2D eigenvalue weighted by molar-refractivity contribution is -0.393. The molecule has 0 aromatic heterocycles. The van der Waals surface area contributed by atoms with Crippen LogP contribution in [0.2, 0.25) is 0 Å². The molecular weight excluding hydrogens is 252 g/mol. The Morgan fingerprint density at radius 2 is 2.00 bits per heavy atom. The summed E-state index contributed by atoms with van der Waals surface area (Å²) >= 11 is 0. The van der Waals surface area contributed by atoms with Crippen LogP contribution >= 0.6 is 0 Å². The van der Waals surface area contributed by atoms with Crippen LogP contribution in [0.1, 0.15) is 19.8 Å². The fourth-order valence-electron chi connectivity index (χ4n) is 1.62. The van der Waals surface area contributed by atoms with Crippen LogP contribution in [0.4, 0.5) is 17.1 Å². The van der Waals surface area contributed by atoms with Crippen molar-refractivity contribution in [2.24, 2.45) is 11.0 Å². The molecule has 0 unspecified atom stereocenters. The summed E-state index contributed by atoms with van der Waals surface area (Å²) in [6, 6.07) is 3.42. The van der Waals surface area contributed by atoms with E-state index >= 15 is 0 Å². The van der Waals surface area contributed by atoms with Gasteiger partial charge in [-0.05, 0) is 31.7 Å². The summed E-state index contributed by atoms with van der Waals surface area (Å²) in [4.78, 5) is 20.1. The third-order valence-corrected chi connectivity index (χ3v) is 2.91. The van der Waals surface area contributed by atoms with E-state index in [4.69, 9.17) is 0 Å². The Labute approximate surface area is 108 Å². The second-order valence-corrected chi connectivity index (χ2v) is 4.35. The highest BCUT2D eigenvalue weighted by Crippen LogP contribution is 2.32. The van der Waals surface area contributed by atoms with Gasteiger partial charge in [0, 0.05) is 11.8 Å². The molecule has 0 spiro atoms. The van der Waals surface area contributed by atoms with E-state index in [2.05, 4.69) is 10.5 Å². The standard InChI is InChI=1S/C11H12N4O4/c1-7(8-2-3-8)12-13-10-5-4-9(14(16)17)6-11(10)15(18)19/h4-6,8,13H,2-3H2,1H3/b12-7+. The molecule has 8 heteroatoms. The number of hydrogen-bond donors (Lipinski definition) is 1. The van der Waals surface area contributed by atoms with Gasteiger partial charge in [0.15, 0.2) is 0 Å². The molecule has 8 nitrogen and oxygen atoms in total. The van der Waals surface area contributed by atoms with E-state index in [0.717, 1.165) is 24.6 Å². The number of nitro benzene ring substituents is 2. The lowest BCUT2D eigenvalue weighted by atomic mass is 10.2. The number of benzene rings is 1. The maximum absolute atomic E-state index is 10.9. The molecule has 100 valence electrons. The fraction of sp³-hybridized carbons (Fsp3) is 0.364. The summed E-state index contributed by atoms with van der Waals surface area (Å²) in [5.41, 5.74) is 2.96. The van der Waals surface area contributed by atoms with Gasteiger partial charge in [0.1, 0.15) is 5.69 Å². The molecule has 1 N–H and O–H groups in total. The van der Waals surface area contributed by atoms with Crippen LogP contribution in [0.25, 0.3) is 0 Å². The zero-order valence-electron chi connectivity index (χ0n) is 10.2. The van der Waals surface area contributed by atoms with Gasteiger partial charge >= 0.3 is 5.69 Å². The quantitative estimate of drug-likeness (QED) is 0.499. The van der Waals surface area contributed by atoms with Gasteiger partial charge in [0.25, 0.3) is 5.69 Å². The van der Waals surface area contributed by atoms with Crippen molar-refractivity contribution in [2.45, 2.75) is 19.8 Å². The molecule has 0 heterocycles. The number of non-ortho nitro benzene ring substituents is 1. The normalized spacial score (nSPS) is 15.1. The SMILES string of the molecule is C/C(=N\Nc1ccc([N+](=O)[O-])cc1[N+](=O)[O-])C1CC1. The highest BCUT2D eigenvalue weighted by atomic mass is 16.6. The van der Waals surface area contributed by atoms with Crippen molar-refractivity contribution in [3.05, 3.63) is 38.4 Å². The number of nitrogens with zero attached hydrogens (tertiary/aromatic N) is 3. The highest BCUT2D eigenvalue weighted by molar-refractivity contribution is 5.87. The van der Waals surface area contributed by atoms with Crippen LogP contribution in [0.15, 0.2) is 23.3 Å². The zero-order chi connectivity index (χ0) is 14.0. The van der Waals surface area contributed by atoms with Crippen molar-refractivity contribution in [3.63, 3.8) is 0 Å². The van der Waals surface area contributed by atoms with E-state index < -0.39 is 9.85 Å². The lowest BCUT2D eigenvalue weighted by Crippen LogP contribution is -2.02. The molecule has 0 bridgehead atoms. The largest absolute Gasteiger partial charge is 0.301 e. The first-order chi connectivity index (χ1) is 8.99. The van der Waals surface area contributed by atoms with E-state index in [1.54, 1.807) is 0 Å². The molecular formula is C11H12N4O4. The van der Waals surface area contributed by atoms with Gasteiger partial charge < -0.3 is 0 Å². The molecule has 1 aromatic rings. The zero-order valence-corrected chi connectivity index (χ0v) is 10.2. The molecule has 0 radical (unpaired) electrons. The average molecular weight is 264 g/mol. The Morgan fingerprint density at radius 3 is 2.53 bits per heavy atom. The van der Waals surface area contributed by atoms with Crippen LogP contribution < -0.4 is 5.43 Å². The molecule has 1 aromatic carbocycles. The first-order valence-corrected chi connectivity index (χ1v) is 5.72. The molecule has 2 rings (SSSR count). The average Bonchev–Trinajstić information content (AvgIpc) is 3.19. The number of nitro groups is 2. The summed E-state index contributed by atoms with van der Waals surface area (Å²) in [6.07, 6.45) is 2.17. The van der Waals surface area contributed by atoms with Crippen LogP contribution in [0.3, 0.4) is 0 Å². The summed E-state index contributed by atoms with van der Waals surface area (Å²) in [5.74, 6) is 0.449. The minimum Gasteiger partial charge on any atom is -0.272 e. The molecule has 0 atom stereocenters. The van der Waals surface area contributed by atoms with Crippen molar-refractivity contribution in [2.75, 3.05) is 5.43 Å². The number of nitrogens with one attached hydrogen (secondary N) is 1. The van der Waals surface area contributed by atoms with Crippen molar-refractivity contribution in [1.82, 2.24) is 0 Å². The second-order valence-electron chi connectivity index (χ2n) is 4.35. The Kier molecular flexibility index (Phi) is 3.41. The summed E-state index contributed by atoms with van der Waals surface area (Å²) < 4.78 is 0. The topological polar surface area (TPSA) is 111 Å². The van der Waals surface area contributed by atoms with E-state index in [1.165, 1.54) is 12.1 Å². The highest BCUT2D eigenvalue weighted by Gasteiger charge is 2.25. The van der Waals surface area contributed by atoms with Crippen molar-refractivity contribution in [1.29, 1.82) is 0 Å². The number of hydrogen-bond acceptors (Lipinski definition) is 6. The molecule has 0 amide bonds. The van der Waals surface area contributed by atoms with E-state index in [1.807, 2.05) is 6.92 Å². The number of hydrazone groups is 1. The number of anilines is 1. The molecule has 1 aliphatic carbocycles. The summed E-state index contributed by atoms with van der Waals surface area (Å²) in [7, 11) is 0. The monoisotopic (exact) mass is 264 g/mol. The molecule has 0 saturated heterocycles. The molecule has 0 aliphatic heterocycles. The van der Waals surface area contributed by atoms with Gasteiger partial charge in [-0.2, -0.15) is 5.10 Å². The third kappa shape index (κ3) is 3.03. The van der Waals surface area contributed by atoms with Crippen LogP contribution in [0, 0.1) is 26.1 Å². The third-order valence-electron chi connectivity index (χ3n) is 2.91. The molecule has 1 saturated carbocycles. The van der Waals surface area contributed by atoms with Gasteiger partial charge in [0.2, 0.25) is 0 Å². The van der Waals surface area contributed by atoms with E-state index in [0.29, 0.717) is 5.92 Å². The van der Waals surface area contributed by atoms with Crippen molar-refractivity contribution < 1.29 is 9.85 Å². The van der Waals surface area contributed by atoms with Crippen LogP contribution in [-0.4, -0.2) is 15.6 Å². The Hall–Kier alpha value is -2.51. The van der Waals surface area contributed by atoms with E-state index in [-0.39, 0.29) is 17.1 Å². The minimum atomic E-state index is -0.671. The lowest BCUT2D eigenvalue weighted by Gasteiger charge is -2.03. The summed E-state index contributed by atoms with van der Waals surface area (Å²) in [5, 5.41) is 25.5. The molecule has 1 fully saturated rings. The van der Waals surface area contributed by atoms with Crippen LogP contribution in [0.5, 0.6) is 0 Å². The predicted molar refractivity (Wildman–Crippen MR) is 69.2 cm³/mol.